The number of aryl methyl sites for hydroxylation is 1. The van der Waals surface area contributed by atoms with Crippen LogP contribution in [0.4, 0.5) is 15.6 Å². The summed E-state index contributed by atoms with van der Waals surface area (Å²) in [6, 6.07) is 5.18. The second kappa shape index (κ2) is 8.60. The summed E-state index contributed by atoms with van der Waals surface area (Å²) in [5.41, 5.74) is 0.147. The quantitative estimate of drug-likeness (QED) is 0.565. The number of urea groups is 1. The first kappa shape index (κ1) is 20.8. The number of halogens is 2. The Morgan fingerprint density at radius 1 is 1.21 bits per heavy atom. The molecular weight excluding hydrogens is 443 g/mol. The van der Waals surface area contributed by atoms with Gasteiger partial charge in [0.1, 0.15) is 16.3 Å². The van der Waals surface area contributed by atoms with E-state index in [0.717, 1.165) is 17.4 Å². The van der Waals surface area contributed by atoms with Gasteiger partial charge in [-0.05, 0) is 19.1 Å². The number of ether oxygens (including phenoxy) is 1. The minimum atomic E-state index is -0.745. The van der Waals surface area contributed by atoms with Gasteiger partial charge in [-0.3, -0.25) is 10.1 Å². The maximum atomic E-state index is 12.4. The summed E-state index contributed by atoms with van der Waals surface area (Å²) >= 11 is 13.2. The molecule has 12 heteroatoms. The molecule has 3 aromatic rings. The van der Waals surface area contributed by atoms with Crippen molar-refractivity contribution in [1.29, 1.82) is 0 Å². The molecule has 0 bridgehead atoms. The van der Waals surface area contributed by atoms with Crippen LogP contribution < -0.4 is 16.2 Å². The van der Waals surface area contributed by atoms with Crippen molar-refractivity contribution in [1.82, 2.24) is 10.1 Å². The van der Waals surface area contributed by atoms with Gasteiger partial charge in [-0.25, -0.2) is 9.59 Å². The summed E-state index contributed by atoms with van der Waals surface area (Å²) in [6.45, 7) is 1.59. The molecule has 3 rings (SSSR count). The molecule has 0 aliphatic rings. The topological polar surface area (TPSA) is 123 Å². The Kier molecular flexibility index (Phi) is 6.16. The smallest absolute Gasteiger partial charge is 0.348 e. The highest BCUT2D eigenvalue weighted by atomic mass is 35.5. The van der Waals surface area contributed by atoms with Gasteiger partial charge in [0.25, 0.3) is 5.56 Å². The van der Waals surface area contributed by atoms with Crippen LogP contribution in [0.2, 0.25) is 10.0 Å². The van der Waals surface area contributed by atoms with E-state index < -0.39 is 17.6 Å². The molecule has 0 saturated heterocycles. The molecule has 0 fully saturated rings. The Labute approximate surface area is 177 Å². The molecule has 2 amide bonds. The monoisotopic (exact) mass is 454 g/mol. The third-order valence-corrected chi connectivity index (χ3v) is 5.10. The number of carbonyl (C=O) groups is 2. The normalized spacial score (nSPS) is 10.5. The molecule has 0 atom stereocenters. The molecule has 0 spiro atoms. The van der Waals surface area contributed by atoms with Crippen LogP contribution in [0.3, 0.4) is 0 Å². The van der Waals surface area contributed by atoms with Crippen molar-refractivity contribution in [3.05, 3.63) is 55.3 Å². The van der Waals surface area contributed by atoms with E-state index in [0.29, 0.717) is 21.4 Å². The van der Waals surface area contributed by atoms with Gasteiger partial charge in [0.05, 0.1) is 17.2 Å². The number of anilines is 2. The molecule has 0 aliphatic carbocycles. The number of nitrogens with one attached hydrogen (secondary N) is 2. The van der Waals surface area contributed by atoms with E-state index in [1.165, 1.54) is 7.11 Å². The van der Waals surface area contributed by atoms with Crippen LogP contribution in [0.5, 0.6) is 0 Å². The predicted molar refractivity (Wildman–Crippen MR) is 109 cm³/mol. The summed E-state index contributed by atoms with van der Waals surface area (Å²) in [5.74, 6) is -0.418. The van der Waals surface area contributed by atoms with Crippen molar-refractivity contribution < 1.29 is 18.8 Å². The SMILES string of the molecule is COC(=O)c1cc(=O)nc(NC(=O)Nc2c(-c3c(Cl)cccc3Cl)noc2C)s1. The van der Waals surface area contributed by atoms with Crippen molar-refractivity contribution in [2.75, 3.05) is 17.7 Å². The zero-order valence-electron chi connectivity index (χ0n) is 14.9. The van der Waals surface area contributed by atoms with Gasteiger partial charge >= 0.3 is 12.0 Å². The predicted octanol–water partition coefficient (Wildman–Crippen LogP) is 4.20. The third-order valence-electron chi connectivity index (χ3n) is 3.58. The number of benzene rings is 1. The van der Waals surface area contributed by atoms with Crippen LogP contribution in [0, 0.1) is 6.92 Å². The molecule has 0 aliphatic heterocycles. The van der Waals surface area contributed by atoms with Crippen molar-refractivity contribution in [3.8, 4) is 11.3 Å². The summed E-state index contributed by atoms with van der Waals surface area (Å²) in [5, 5.41) is 9.42. The van der Waals surface area contributed by atoms with Crippen LogP contribution in [-0.2, 0) is 4.74 Å². The minimum absolute atomic E-state index is 0.00695. The molecule has 150 valence electrons. The molecule has 2 heterocycles. The first-order valence-electron chi connectivity index (χ1n) is 7.89. The van der Waals surface area contributed by atoms with Crippen LogP contribution in [0.1, 0.15) is 15.4 Å². The Hall–Kier alpha value is -2.95. The number of amides is 2. The number of rotatable bonds is 4. The lowest BCUT2D eigenvalue weighted by Crippen LogP contribution is -2.22. The standard InChI is InChI=1S/C17H12Cl2N4O5S/c1-7-13(14(23-28-7)12-8(18)4-3-5-9(12)19)21-16(26)22-17-20-11(24)6-10(29-17)15(25)27-2/h3-6H,1-2H3,(H2,20,21,22,24,26). The number of hydrogen-bond donors (Lipinski definition) is 2. The lowest BCUT2D eigenvalue weighted by molar-refractivity contribution is 0.0606. The fourth-order valence-electron chi connectivity index (χ4n) is 2.31. The molecule has 2 N–H and O–H groups in total. The number of aromatic nitrogens is 2. The number of esters is 1. The summed E-state index contributed by atoms with van der Waals surface area (Å²) in [4.78, 5) is 39.4. The maximum absolute atomic E-state index is 12.4. The average molecular weight is 455 g/mol. The largest absolute Gasteiger partial charge is 0.465 e. The van der Waals surface area contributed by atoms with E-state index in [-0.39, 0.29) is 21.4 Å². The highest BCUT2D eigenvalue weighted by Gasteiger charge is 2.22. The van der Waals surface area contributed by atoms with Crippen LogP contribution >= 0.6 is 34.5 Å². The minimum Gasteiger partial charge on any atom is -0.465 e. The average Bonchev–Trinajstić information content (AvgIpc) is 3.00. The van der Waals surface area contributed by atoms with E-state index in [2.05, 4.69) is 25.5 Å². The second-order valence-electron chi connectivity index (χ2n) is 5.50. The number of hydrogen-bond acceptors (Lipinski definition) is 8. The Morgan fingerprint density at radius 3 is 2.55 bits per heavy atom. The van der Waals surface area contributed by atoms with Crippen molar-refractivity contribution >= 4 is 57.4 Å². The highest BCUT2D eigenvalue weighted by Crippen LogP contribution is 2.39. The molecular formula is C17H12Cl2N4O5S. The fraction of sp³-hybridized carbons (Fsp3) is 0.118. The van der Waals surface area contributed by atoms with Gasteiger partial charge in [-0.15, -0.1) is 0 Å². The molecule has 9 nitrogen and oxygen atoms in total. The molecule has 1 aromatic carbocycles. The van der Waals surface area contributed by atoms with Gasteiger partial charge < -0.3 is 14.6 Å². The van der Waals surface area contributed by atoms with E-state index in [9.17, 15) is 14.4 Å². The van der Waals surface area contributed by atoms with E-state index in [1.807, 2.05) is 0 Å². The summed E-state index contributed by atoms with van der Waals surface area (Å²) in [7, 11) is 1.18. The fourth-order valence-corrected chi connectivity index (χ4v) is 3.70. The van der Waals surface area contributed by atoms with Crippen LogP contribution in [-0.4, -0.2) is 29.3 Å². The Balaban J connectivity index is 1.88. The first-order chi connectivity index (χ1) is 13.8. The van der Waals surface area contributed by atoms with Crippen molar-refractivity contribution in [3.63, 3.8) is 0 Å². The highest BCUT2D eigenvalue weighted by molar-refractivity contribution is 7.17. The van der Waals surface area contributed by atoms with Gasteiger partial charge in [0.2, 0.25) is 0 Å². The van der Waals surface area contributed by atoms with Gasteiger partial charge in [0.15, 0.2) is 10.9 Å². The van der Waals surface area contributed by atoms with Crippen LogP contribution in [0.25, 0.3) is 11.3 Å². The maximum Gasteiger partial charge on any atom is 0.348 e. The van der Waals surface area contributed by atoms with Gasteiger partial charge in [0, 0.05) is 11.6 Å². The number of methoxy groups -OCH3 is 1. The third kappa shape index (κ3) is 4.56. The Morgan fingerprint density at radius 2 is 1.90 bits per heavy atom. The summed E-state index contributed by atoms with van der Waals surface area (Å²) < 4.78 is 9.73. The summed E-state index contributed by atoms with van der Waals surface area (Å²) in [6.07, 6.45) is 0. The molecule has 29 heavy (non-hydrogen) atoms. The van der Waals surface area contributed by atoms with E-state index in [4.69, 9.17) is 27.7 Å². The zero-order chi connectivity index (χ0) is 21.1. The number of carbonyl (C=O) groups excluding carboxylic acids is 2. The zero-order valence-corrected chi connectivity index (χ0v) is 17.2. The van der Waals surface area contributed by atoms with Crippen LogP contribution in [0.15, 0.2) is 33.6 Å². The van der Waals surface area contributed by atoms with Gasteiger partial charge in [-0.1, -0.05) is 45.8 Å². The Bertz CT molecular complexity index is 1140. The second-order valence-corrected chi connectivity index (χ2v) is 7.34. The lowest BCUT2D eigenvalue weighted by Gasteiger charge is -2.09. The lowest BCUT2D eigenvalue weighted by atomic mass is 10.1. The van der Waals surface area contributed by atoms with Crippen molar-refractivity contribution in [2.45, 2.75) is 6.92 Å². The van der Waals surface area contributed by atoms with Gasteiger partial charge in [-0.2, -0.15) is 4.98 Å². The molecule has 0 saturated carbocycles. The van der Waals surface area contributed by atoms with E-state index in [1.54, 1.807) is 25.1 Å². The van der Waals surface area contributed by atoms with Crippen molar-refractivity contribution in [2.24, 2.45) is 0 Å². The number of nitrogens with zero attached hydrogens (tertiary/aromatic N) is 2. The molecule has 0 unspecified atom stereocenters. The first-order valence-corrected chi connectivity index (χ1v) is 9.46. The molecule has 0 radical (unpaired) electrons. The molecule has 2 aromatic heterocycles. The van der Waals surface area contributed by atoms with E-state index >= 15 is 0 Å².